The molecule has 0 amide bonds. The molecule has 7 nitrogen and oxygen atoms in total. The van der Waals surface area contributed by atoms with Crippen molar-refractivity contribution in [2.45, 2.75) is 11.8 Å². The summed E-state index contributed by atoms with van der Waals surface area (Å²) in [4.78, 5) is 11.6. The quantitative estimate of drug-likeness (QED) is 0.759. The van der Waals surface area contributed by atoms with Crippen LogP contribution in [0.1, 0.15) is 17.3 Å². The summed E-state index contributed by atoms with van der Waals surface area (Å²) >= 11 is 0. The predicted molar refractivity (Wildman–Crippen MR) is 92.8 cm³/mol. The van der Waals surface area contributed by atoms with Crippen molar-refractivity contribution in [3.05, 3.63) is 48.0 Å². The van der Waals surface area contributed by atoms with Crippen molar-refractivity contribution in [2.75, 3.05) is 25.5 Å². The van der Waals surface area contributed by atoms with Gasteiger partial charge in [-0.2, -0.15) is 0 Å². The number of carbonyl (C=O) groups is 1. The van der Waals surface area contributed by atoms with Crippen LogP contribution in [0, 0.1) is 0 Å². The largest absolute Gasteiger partial charge is 0.497 e. The van der Waals surface area contributed by atoms with Crippen molar-refractivity contribution in [1.82, 2.24) is 0 Å². The number of rotatable bonds is 7. The summed E-state index contributed by atoms with van der Waals surface area (Å²) in [7, 11) is -0.908. The third-order valence-corrected chi connectivity index (χ3v) is 4.71. The molecule has 134 valence electrons. The van der Waals surface area contributed by atoms with Gasteiger partial charge in [0, 0.05) is 6.07 Å². The van der Waals surface area contributed by atoms with Gasteiger partial charge in [-0.1, -0.05) is 0 Å². The number of sulfonamides is 1. The average molecular weight is 365 g/mol. The maximum Gasteiger partial charge on any atom is 0.338 e. The number of hydrogen-bond acceptors (Lipinski definition) is 6. The molecular formula is C17H19NO6S. The minimum absolute atomic E-state index is 0.0124. The Morgan fingerprint density at radius 1 is 1.04 bits per heavy atom. The fourth-order valence-corrected chi connectivity index (χ4v) is 3.14. The van der Waals surface area contributed by atoms with Crippen molar-refractivity contribution in [3.8, 4) is 11.5 Å². The third kappa shape index (κ3) is 4.42. The normalized spacial score (nSPS) is 10.8. The van der Waals surface area contributed by atoms with Gasteiger partial charge in [0.25, 0.3) is 10.0 Å². The van der Waals surface area contributed by atoms with Crippen LogP contribution in [0.3, 0.4) is 0 Å². The van der Waals surface area contributed by atoms with Crippen LogP contribution < -0.4 is 14.2 Å². The second-order valence-corrected chi connectivity index (χ2v) is 6.60. The highest BCUT2D eigenvalue weighted by Crippen LogP contribution is 2.30. The first-order valence-electron chi connectivity index (χ1n) is 7.43. The number of anilines is 1. The molecule has 0 radical (unpaired) electrons. The number of benzene rings is 2. The number of hydrogen-bond donors (Lipinski definition) is 1. The van der Waals surface area contributed by atoms with Crippen LogP contribution >= 0.6 is 0 Å². The van der Waals surface area contributed by atoms with E-state index in [4.69, 9.17) is 14.2 Å². The van der Waals surface area contributed by atoms with Gasteiger partial charge in [0.1, 0.15) is 11.5 Å². The van der Waals surface area contributed by atoms with Crippen LogP contribution in [0.5, 0.6) is 11.5 Å². The molecule has 0 spiro atoms. The van der Waals surface area contributed by atoms with Gasteiger partial charge in [-0.3, -0.25) is 4.72 Å². The fraction of sp³-hybridized carbons (Fsp3) is 0.235. The van der Waals surface area contributed by atoms with Crippen molar-refractivity contribution in [2.24, 2.45) is 0 Å². The van der Waals surface area contributed by atoms with Crippen LogP contribution in [0.2, 0.25) is 0 Å². The molecule has 1 N–H and O–H groups in total. The van der Waals surface area contributed by atoms with Crippen molar-refractivity contribution < 1.29 is 27.4 Å². The molecule has 0 saturated carbocycles. The van der Waals surface area contributed by atoms with Gasteiger partial charge >= 0.3 is 5.97 Å². The zero-order chi connectivity index (χ0) is 18.4. The van der Waals surface area contributed by atoms with E-state index in [1.165, 1.54) is 38.5 Å². The molecular weight excluding hydrogens is 346 g/mol. The van der Waals surface area contributed by atoms with Crippen LogP contribution in [-0.2, 0) is 14.8 Å². The van der Waals surface area contributed by atoms with Gasteiger partial charge in [0.15, 0.2) is 0 Å². The van der Waals surface area contributed by atoms with E-state index in [-0.39, 0.29) is 22.8 Å². The highest BCUT2D eigenvalue weighted by atomic mass is 32.2. The van der Waals surface area contributed by atoms with Crippen LogP contribution in [-0.4, -0.2) is 35.2 Å². The number of ether oxygens (including phenoxy) is 3. The third-order valence-electron chi connectivity index (χ3n) is 3.33. The molecule has 0 fully saturated rings. The van der Waals surface area contributed by atoms with E-state index in [1.807, 2.05) is 0 Å². The van der Waals surface area contributed by atoms with E-state index in [0.717, 1.165) is 0 Å². The maximum atomic E-state index is 12.5. The first-order chi connectivity index (χ1) is 11.9. The second-order valence-electron chi connectivity index (χ2n) is 4.92. The summed E-state index contributed by atoms with van der Waals surface area (Å²) in [6, 6.07) is 10.2. The van der Waals surface area contributed by atoms with Gasteiger partial charge in [-0.15, -0.1) is 0 Å². The summed E-state index contributed by atoms with van der Waals surface area (Å²) in [6.07, 6.45) is 0. The van der Waals surface area contributed by atoms with Crippen molar-refractivity contribution >= 4 is 21.7 Å². The molecule has 0 saturated heterocycles. The molecule has 0 unspecified atom stereocenters. The van der Waals surface area contributed by atoms with Crippen LogP contribution in [0.15, 0.2) is 47.4 Å². The Kier molecular flexibility index (Phi) is 5.87. The summed E-state index contributed by atoms with van der Waals surface area (Å²) in [5.41, 5.74) is 0.556. The second kappa shape index (κ2) is 7.89. The Hall–Kier alpha value is -2.74. The molecule has 0 aromatic heterocycles. The summed E-state index contributed by atoms with van der Waals surface area (Å²) in [5.74, 6) is 0.362. The first kappa shape index (κ1) is 18.6. The van der Waals surface area contributed by atoms with Crippen molar-refractivity contribution in [3.63, 3.8) is 0 Å². The summed E-state index contributed by atoms with van der Waals surface area (Å²) in [6.45, 7) is 1.95. The van der Waals surface area contributed by atoms with Gasteiger partial charge in [0.2, 0.25) is 0 Å². The topological polar surface area (TPSA) is 90.9 Å². The zero-order valence-corrected chi connectivity index (χ0v) is 14.9. The van der Waals surface area contributed by atoms with Gasteiger partial charge in [0.05, 0.1) is 37.0 Å². The van der Waals surface area contributed by atoms with E-state index in [2.05, 4.69) is 4.72 Å². The lowest BCUT2D eigenvalue weighted by Gasteiger charge is -2.13. The standard InChI is InChI=1S/C17H19NO6S/c1-4-24-17(19)12-5-8-14(9-6-12)25(20,21)18-15-10-7-13(22-2)11-16(15)23-3/h5-11,18H,4H2,1-3H3. The number of esters is 1. The minimum atomic E-state index is -3.84. The molecule has 0 bridgehead atoms. The predicted octanol–water partition coefficient (Wildman–Crippen LogP) is 2.68. The van der Waals surface area contributed by atoms with E-state index in [9.17, 15) is 13.2 Å². The van der Waals surface area contributed by atoms with Crippen molar-refractivity contribution in [1.29, 1.82) is 0 Å². The molecule has 0 aliphatic rings. The molecule has 0 aliphatic heterocycles. The van der Waals surface area contributed by atoms with Crippen LogP contribution in [0.4, 0.5) is 5.69 Å². The number of carbonyl (C=O) groups excluding carboxylic acids is 1. The lowest BCUT2D eigenvalue weighted by Crippen LogP contribution is -2.14. The average Bonchev–Trinajstić information content (AvgIpc) is 2.62. The van der Waals surface area contributed by atoms with Gasteiger partial charge in [-0.05, 0) is 43.3 Å². The molecule has 0 aliphatic carbocycles. The molecule has 0 atom stereocenters. The highest BCUT2D eigenvalue weighted by molar-refractivity contribution is 7.92. The highest BCUT2D eigenvalue weighted by Gasteiger charge is 2.18. The summed E-state index contributed by atoms with van der Waals surface area (Å²) < 4.78 is 42.6. The Labute approximate surface area is 146 Å². The molecule has 8 heteroatoms. The van der Waals surface area contributed by atoms with E-state index < -0.39 is 16.0 Å². The number of nitrogens with one attached hydrogen (secondary N) is 1. The Balaban J connectivity index is 2.26. The lowest BCUT2D eigenvalue weighted by atomic mass is 10.2. The molecule has 25 heavy (non-hydrogen) atoms. The monoisotopic (exact) mass is 365 g/mol. The number of methoxy groups -OCH3 is 2. The Morgan fingerprint density at radius 3 is 2.28 bits per heavy atom. The van der Waals surface area contributed by atoms with Crippen LogP contribution in [0.25, 0.3) is 0 Å². The summed E-state index contributed by atoms with van der Waals surface area (Å²) in [5, 5.41) is 0. The minimum Gasteiger partial charge on any atom is -0.497 e. The molecule has 2 aromatic rings. The fourth-order valence-electron chi connectivity index (χ4n) is 2.07. The van der Waals surface area contributed by atoms with E-state index in [1.54, 1.807) is 25.1 Å². The van der Waals surface area contributed by atoms with Gasteiger partial charge < -0.3 is 14.2 Å². The van der Waals surface area contributed by atoms with E-state index >= 15 is 0 Å². The molecule has 0 heterocycles. The maximum absolute atomic E-state index is 12.5. The Bertz CT molecular complexity index is 846. The smallest absolute Gasteiger partial charge is 0.338 e. The lowest BCUT2D eigenvalue weighted by molar-refractivity contribution is 0.0526. The SMILES string of the molecule is CCOC(=O)c1ccc(S(=O)(=O)Nc2ccc(OC)cc2OC)cc1. The zero-order valence-electron chi connectivity index (χ0n) is 14.1. The first-order valence-corrected chi connectivity index (χ1v) is 8.91. The van der Waals surface area contributed by atoms with Gasteiger partial charge in [-0.25, -0.2) is 13.2 Å². The molecule has 2 aromatic carbocycles. The van der Waals surface area contributed by atoms with E-state index in [0.29, 0.717) is 11.5 Å². The molecule has 2 rings (SSSR count). The Morgan fingerprint density at radius 2 is 1.72 bits per heavy atom.